The van der Waals surface area contributed by atoms with Crippen LogP contribution in [0.25, 0.3) is 0 Å². The number of aliphatic imine (C=N–C) groups is 1. The van der Waals surface area contributed by atoms with Crippen molar-refractivity contribution in [3.05, 3.63) is 18.5 Å². The second-order valence-electron chi connectivity index (χ2n) is 4.26. The van der Waals surface area contributed by atoms with Crippen LogP contribution in [0.4, 0.5) is 0 Å². The van der Waals surface area contributed by atoms with Gasteiger partial charge in [0.05, 0.1) is 13.1 Å². The maximum atomic E-state index is 4.54. The summed E-state index contributed by atoms with van der Waals surface area (Å²) >= 11 is 1.83. The third-order valence-electron chi connectivity index (χ3n) is 2.66. The molecule has 0 amide bonds. The van der Waals surface area contributed by atoms with Crippen molar-refractivity contribution in [1.82, 2.24) is 15.1 Å². The summed E-state index contributed by atoms with van der Waals surface area (Å²) in [6.45, 7) is 6.13. The van der Waals surface area contributed by atoms with Crippen molar-refractivity contribution in [2.45, 2.75) is 26.4 Å². The van der Waals surface area contributed by atoms with Gasteiger partial charge >= 0.3 is 0 Å². The van der Waals surface area contributed by atoms with Gasteiger partial charge in [0.2, 0.25) is 0 Å². The first kappa shape index (κ1) is 11.5. The van der Waals surface area contributed by atoms with E-state index in [1.807, 2.05) is 28.7 Å². The van der Waals surface area contributed by atoms with Gasteiger partial charge in [-0.15, -0.1) is 0 Å². The van der Waals surface area contributed by atoms with Crippen LogP contribution in [0.15, 0.2) is 23.5 Å². The van der Waals surface area contributed by atoms with Crippen molar-refractivity contribution in [3.8, 4) is 0 Å². The Labute approximate surface area is 101 Å². The lowest BCUT2D eigenvalue weighted by molar-refractivity contribution is 0.502. The van der Waals surface area contributed by atoms with Crippen molar-refractivity contribution >= 4 is 16.9 Å². The van der Waals surface area contributed by atoms with Gasteiger partial charge in [-0.2, -0.15) is 5.10 Å². The molecule has 88 valence electrons. The van der Waals surface area contributed by atoms with Crippen LogP contribution in [0.2, 0.25) is 0 Å². The number of rotatable bonds is 4. The monoisotopic (exact) mass is 238 g/mol. The molecule has 0 aromatic carbocycles. The zero-order valence-corrected chi connectivity index (χ0v) is 10.6. The summed E-state index contributed by atoms with van der Waals surface area (Å²) in [5.74, 6) is 1.81. The van der Waals surface area contributed by atoms with Crippen LogP contribution in [0.3, 0.4) is 0 Å². The molecular weight excluding hydrogens is 220 g/mol. The Morgan fingerprint density at radius 3 is 3.19 bits per heavy atom. The van der Waals surface area contributed by atoms with E-state index in [4.69, 9.17) is 0 Å². The first-order chi connectivity index (χ1) is 7.75. The lowest BCUT2D eigenvalue weighted by Crippen LogP contribution is -2.31. The first-order valence-corrected chi connectivity index (χ1v) is 6.65. The Balaban J connectivity index is 1.77. The second-order valence-corrected chi connectivity index (χ2v) is 5.27. The molecule has 1 aliphatic rings. The fraction of sp³-hybridized carbons (Fsp3) is 0.636. The highest BCUT2D eigenvalue weighted by molar-refractivity contribution is 8.14. The lowest BCUT2D eigenvalue weighted by atomic mass is 10.1. The molecule has 1 aromatic rings. The van der Waals surface area contributed by atoms with Gasteiger partial charge in [-0.25, -0.2) is 0 Å². The molecule has 1 N–H and O–H groups in total. The molecule has 0 saturated carbocycles. The van der Waals surface area contributed by atoms with E-state index in [0.29, 0.717) is 12.0 Å². The number of aromatic nitrogens is 2. The maximum Gasteiger partial charge on any atom is 0.156 e. The van der Waals surface area contributed by atoms with Gasteiger partial charge in [0.15, 0.2) is 5.17 Å². The fourth-order valence-electron chi connectivity index (χ4n) is 1.55. The SMILES string of the molecule is CC(C)C1CSC(=NCCn2cccn2)N1. The first-order valence-electron chi connectivity index (χ1n) is 5.67. The molecular formula is C11H18N4S. The number of thioether (sulfide) groups is 1. The van der Waals surface area contributed by atoms with E-state index in [-0.39, 0.29) is 0 Å². The molecule has 0 bridgehead atoms. The summed E-state index contributed by atoms with van der Waals surface area (Å²) < 4.78 is 1.91. The molecule has 1 atom stereocenters. The van der Waals surface area contributed by atoms with Gasteiger partial charge in [-0.1, -0.05) is 25.6 Å². The highest BCUT2D eigenvalue weighted by Crippen LogP contribution is 2.18. The van der Waals surface area contributed by atoms with Gasteiger partial charge in [0, 0.05) is 24.2 Å². The van der Waals surface area contributed by atoms with Crippen LogP contribution in [-0.4, -0.2) is 33.3 Å². The standard InChI is InChI=1S/C11H18N4S/c1-9(2)10-8-16-11(14-10)12-5-7-15-6-3-4-13-15/h3-4,6,9-10H,5,7-8H2,1-2H3,(H,12,14). The van der Waals surface area contributed by atoms with Gasteiger partial charge in [0.25, 0.3) is 0 Å². The van der Waals surface area contributed by atoms with E-state index in [0.717, 1.165) is 24.0 Å². The number of nitrogens with one attached hydrogen (secondary N) is 1. The lowest BCUT2D eigenvalue weighted by Gasteiger charge is -2.13. The summed E-state index contributed by atoms with van der Waals surface area (Å²) in [4.78, 5) is 4.54. The average Bonchev–Trinajstić information content (AvgIpc) is 2.87. The smallest absolute Gasteiger partial charge is 0.156 e. The van der Waals surface area contributed by atoms with Crippen LogP contribution >= 0.6 is 11.8 Å². The van der Waals surface area contributed by atoms with Crippen molar-refractivity contribution in [2.75, 3.05) is 12.3 Å². The van der Waals surface area contributed by atoms with Crippen LogP contribution in [0, 0.1) is 5.92 Å². The fourth-order valence-corrected chi connectivity index (χ4v) is 2.77. The van der Waals surface area contributed by atoms with Gasteiger partial charge < -0.3 is 5.32 Å². The molecule has 16 heavy (non-hydrogen) atoms. The molecule has 1 aromatic heterocycles. The molecule has 0 spiro atoms. The minimum Gasteiger partial charge on any atom is -0.361 e. The summed E-state index contributed by atoms with van der Waals surface area (Å²) in [6.07, 6.45) is 3.76. The predicted octanol–water partition coefficient (Wildman–Crippen LogP) is 1.60. The normalized spacial score (nSPS) is 22.9. The molecule has 4 nitrogen and oxygen atoms in total. The maximum absolute atomic E-state index is 4.54. The van der Waals surface area contributed by atoms with Crippen LogP contribution in [0.1, 0.15) is 13.8 Å². The largest absolute Gasteiger partial charge is 0.361 e. The third-order valence-corrected chi connectivity index (χ3v) is 3.70. The van der Waals surface area contributed by atoms with Crippen LogP contribution in [-0.2, 0) is 6.54 Å². The minimum absolute atomic E-state index is 0.577. The third kappa shape index (κ3) is 3.01. The minimum atomic E-state index is 0.577. The Morgan fingerprint density at radius 1 is 1.69 bits per heavy atom. The summed E-state index contributed by atoms with van der Waals surface area (Å²) in [7, 11) is 0. The van der Waals surface area contributed by atoms with Crippen molar-refractivity contribution < 1.29 is 0 Å². The van der Waals surface area contributed by atoms with E-state index >= 15 is 0 Å². The number of hydrogen-bond acceptors (Lipinski definition) is 3. The second kappa shape index (κ2) is 5.39. The molecule has 2 heterocycles. The molecule has 1 aliphatic heterocycles. The average molecular weight is 238 g/mol. The van der Waals surface area contributed by atoms with E-state index in [1.54, 1.807) is 6.20 Å². The molecule has 1 unspecified atom stereocenters. The van der Waals surface area contributed by atoms with E-state index < -0.39 is 0 Å². The molecule has 1 saturated heterocycles. The zero-order valence-electron chi connectivity index (χ0n) is 9.76. The van der Waals surface area contributed by atoms with Crippen molar-refractivity contribution in [2.24, 2.45) is 10.9 Å². The van der Waals surface area contributed by atoms with E-state index in [2.05, 4.69) is 29.3 Å². The Hall–Kier alpha value is -0.970. The number of nitrogens with zero attached hydrogens (tertiary/aromatic N) is 3. The zero-order chi connectivity index (χ0) is 11.4. The highest BCUT2D eigenvalue weighted by atomic mass is 32.2. The molecule has 1 fully saturated rings. The molecule has 0 aliphatic carbocycles. The summed E-state index contributed by atoms with van der Waals surface area (Å²) in [5, 5.41) is 8.69. The van der Waals surface area contributed by atoms with E-state index in [9.17, 15) is 0 Å². The Kier molecular flexibility index (Phi) is 3.88. The van der Waals surface area contributed by atoms with Crippen LogP contribution < -0.4 is 5.32 Å². The van der Waals surface area contributed by atoms with Gasteiger partial charge in [-0.3, -0.25) is 9.67 Å². The predicted molar refractivity (Wildman–Crippen MR) is 68.7 cm³/mol. The summed E-state index contributed by atoms with van der Waals surface area (Å²) in [6, 6.07) is 2.51. The Morgan fingerprint density at radius 2 is 2.56 bits per heavy atom. The number of amidine groups is 1. The Bertz CT molecular complexity index is 345. The van der Waals surface area contributed by atoms with Crippen molar-refractivity contribution in [1.29, 1.82) is 0 Å². The number of hydrogen-bond donors (Lipinski definition) is 1. The van der Waals surface area contributed by atoms with Gasteiger partial charge in [0.1, 0.15) is 0 Å². The molecule has 0 radical (unpaired) electrons. The molecule has 5 heteroatoms. The quantitative estimate of drug-likeness (QED) is 0.866. The van der Waals surface area contributed by atoms with Gasteiger partial charge in [-0.05, 0) is 12.0 Å². The van der Waals surface area contributed by atoms with E-state index in [1.165, 1.54) is 0 Å². The van der Waals surface area contributed by atoms with Crippen LogP contribution in [0.5, 0.6) is 0 Å². The summed E-state index contributed by atoms with van der Waals surface area (Å²) in [5.41, 5.74) is 0. The topological polar surface area (TPSA) is 42.2 Å². The molecule has 2 rings (SSSR count). The van der Waals surface area contributed by atoms with Crippen molar-refractivity contribution in [3.63, 3.8) is 0 Å². The highest BCUT2D eigenvalue weighted by Gasteiger charge is 2.22.